The zero-order valence-corrected chi connectivity index (χ0v) is 16.3. The molecule has 124 valence electrons. The summed E-state index contributed by atoms with van der Waals surface area (Å²) in [7, 11) is 1.91. The first-order valence-corrected chi connectivity index (χ1v) is 8.40. The van der Waals surface area contributed by atoms with E-state index in [0.29, 0.717) is 0 Å². The molecule has 2 aliphatic rings. The Balaban J connectivity index is 0.00000220. The van der Waals surface area contributed by atoms with Crippen molar-refractivity contribution in [3.8, 4) is 0 Å². The number of aliphatic imine (C=N–C) groups is 1. The Labute approximate surface area is 147 Å². The van der Waals surface area contributed by atoms with Gasteiger partial charge in [-0.1, -0.05) is 13.3 Å². The van der Waals surface area contributed by atoms with Crippen molar-refractivity contribution in [2.24, 2.45) is 10.9 Å². The van der Waals surface area contributed by atoms with Crippen LogP contribution in [-0.4, -0.2) is 61.6 Å². The van der Waals surface area contributed by atoms with E-state index in [0.717, 1.165) is 44.1 Å². The van der Waals surface area contributed by atoms with Crippen LogP contribution in [0.1, 0.15) is 46.0 Å². The molecule has 2 rings (SSSR count). The number of hydrogen-bond donors (Lipinski definition) is 1. The molecule has 0 spiro atoms. The lowest BCUT2D eigenvalue weighted by Gasteiger charge is -2.35. The van der Waals surface area contributed by atoms with Crippen molar-refractivity contribution in [2.45, 2.75) is 52.0 Å². The Morgan fingerprint density at radius 1 is 1.14 bits per heavy atom. The lowest BCUT2D eigenvalue weighted by Crippen LogP contribution is -2.49. The van der Waals surface area contributed by atoms with Crippen LogP contribution in [0, 0.1) is 5.92 Å². The molecule has 0 aromatic rings. The summed E-state index contributed by atoms with van der Waals surface area (Å²) in [4.78, 5) is 9.50. The molecule has 0 aromatic carbocycles. The predicted octanol–water partition coefficient (Wildman–Crippen LogP) is 2.79. The average Bonchev–Trinajstić information content (AvgIpc) is 2.45. The highest BCUT2D eigenvalue weighted by Gasteiger charge is 2.20. The number of guanidine groups is 1. The van der Waals surface area contributed by atoms with Crippen molar-refractivity contribution < 1.29 is 0 Å². The van der Waals surface area contributed by atoms with E-state index in [2.05, 4.69) is 34.0 Å². The van der Waals surface area contributed by atoms with Crippen molar-refractivity contribution in [1.29, 1.82) is 0 Å². The minimum absolute atomic E-state index is 0. The van der Waals surface area contributed by atoms with Crippen LogP contribution in [-0.2, 0) is 0 Å². The fourth-order valence-electron chi connectivity index (χ4n) is 3.52. The number of nitrogens with one attached hydrogen (secondary N) is 1. The first-order chi connectivity index (χ1) is 9.70. The van der Waals surface area contributed by atoms with Gasteiger partial charge in [-0.2, -0.15) is 0 Å². The molecule has 0 saturated carbocycles. The fourth-order valence-corrected chi connectivity index (χ4v) is 3.52. The van der Waals surface area contributed by atoms with Gasteiger partial charge in [-0.25, -0.2) is 0 Å². The number of likely N-dealkylation sites (tertiary alicyclic amines) is 2. The van der Waals surface area contributed by atoms with Gasteiger partial charge in [0.1, 0.15) is 0 Å². The van der Waals surface area contributed by atoms with Crippen LogP contribution < -0.4 is 5.32 Å². The molecule has 0 aliphatic carbocycles. The molecule has 2 aliphatic heterocycles. The molecule has 5 heteroatoms. The van der Waals surface area contributed by atoms with E-state index in [4.69, 9.17) is 0 Å². The average molecular weight is 408 g/mol. The predicted molar refractivity (Wildman–Crippen MR) is 102 cm³/mol. The van der Waals surface area contributed by atoms with Crippen LogP contribution in [0.15, 0.2) is 4.99 Å². The zero-order valence-electron chi connectivity index (χ0n) is 14.0. The van der Waals surface area contributed by atoms with Crippen molar-refractivity contribution in [3.05, 3.63) is 0 Å². The molecule has 21 heavy (non-hydrogen) atoms. The summed E-state index contributed by atoms with van der Waals surface area (Å²) < 4.78 is 0. The highest BCUT2D eigenvalue weighted by molar-refractivity contribution is 14.0. The Morgan fingerprint density at radius 3 is 2.62 bits per heavy atom. The maximum atomic E-state index is 4.46. The summed E-state index contributed by atoms with van der Waals surface area (Å²) in [6, 6.07) is 0.752. The van der Waals surface area contributed by atoms with Gasteiger partial charge < -0.3 is 10.2 Å². The van der Waals surface area contributed by atoms with Gasteiger partial charge in [0.2, 0.25) is 0 Å². The van der Waals surface area contributed by atoms with Gasteiger partial charge >= 0.3 is 0 Å². The molecule has 0 bridgehead atoms. The molecule has 2 fully saturated rings. The Morgan fingerprint density at radius 2 is 1.95 bits per heavy atom. The maximum absolute atomic E-state index is 4.46. The van der Waals surface area contributed by atoms with Crippen molar-refractivity contribution in [2.75, 3.05) is 39.8 Å². The molecule has 0 radical (unpaired) electrons. The highest BCUT2D eigenvalue weighted by atomic mass is 127. The van der Waals surface area contributed by atoms with Crippen LogP contribution in [0.25, 0.3) is 0 Å². The molecule has 2 saturated heterocycles. The normalized spacial score (nSPS) is 28.1. The summed E-state index contributed by atoms with van der Waals surface area (Å²) in [5.74, 6) is 1.89. The van der Waals surface area contributed by atoms with E-state index in [1.54, 1.807) is 0 Å². The van der Waals surface area contributed by atoms with E-state index in [1.807, 2.05) is 7.05 Å². The number of nitrogens with zero attached hydrogens (tertiary/aromatic N) is 3. The highest BCUT2D eigenvalue weighted by Crippen LogP contribution is 2.16. The number of piperidine rings is 2. The number of rotatable bonds is 3. The quantitative estimate of drug-likeness (QED) is 0.443. The van der Waals surface area contributed by atoms with Crippen LogP contribution in [0.4, 0.5) is 0 Å². The summed E-state index contributed by atoms with van der Waals surface area (Å²) in [5, 5.41) is 3.56. The summed E-state index contributed by atoms with van der Waals surface area (Å²) in [6.45, 7) is 10.4. The first-order valence-electron chi connectivity index (χ1n) is 8.40. The third-order valence-corrected chi connectivity index (χ3v) is 4.79. The molecule has 4 nitrogen and oxygen atoms in total. The molecular formula is C16H33IN4. The minimum Gasteiger partial charge on any atom is -0.355 e. The van der Waals surface area contributed by atoms with Gasteiger partial charge in [0, 0.05) is 39.3 Å². The topological polar surface area (TPSA) is 30.9 Å². The monoisotopic (exact) mass is 408 g/mol. The molecule has 2 unspecified atom stereocenters. The molecule has 2 heterocycles. The van der Waals surface area contributed by atoms with Crippen molar-refractivity contribution >= 4 is 29.9 Å². The maximum Gasteiger partial charge on any atom is 0.193 e. The fraction of sp³-hybridized carbons (Fsp3) is 0.938. The van der Waals surface area contributed by atoms with Gasteiger partial charge in [-0.3, -0.25) is 9.89 Å². The Kier molecular flexibility index (Phi) is 8.94. The Hall–Kier alpha value is -0.0400. The second kappa shape index (κ2) is 9.87. The molecule has 2 atom stereocenters. The van der Waals surface area contributed by atoms with E-state index >= 15 is 0 Å². The van der Waals surface area contributed by atoms with Gasteiger partial charge in [0.05, 0.1) is 0 Å². The van der Waals surface area contributed by atoms with Crippen molar-refractivity contribution in [1.82, 2.24) is 15.1 Å². The zero-order chi connectivity index (χ0) is 14.4. The summed E-state index contributed by atoms with van der Waals surface area (Å²) >= 11 is 0. The van der Waals surface area contributed by atoms with Gasteiger partial charge in [0.15, 0.2) is 5.96 Å². The Bertz CT molecular complexity index is 321. The van der Waals surface area contributed by atoms with E-state index in [1.165, 1.54) is 38.6 Å². The minimum atomic E-state index is 0. The van der Waals surface area contributed by atoms with Gasteiger partial charge in [-0.15, -0.1) is 24.0 Å². The molecule has 0 aromatic heterocycles. The van der Waals surface area contributed by atoms with Gasteiger partial charge in [0.25, 0.3) is 0 Å². The van der Waals surface area contributed by atoms with E-state index in [-0.39, 0.29) is 24.0 Å². The van der Waals surface area contributed by atoms with E-state index < -0.39 is 0 Å². The van der Waals surface area contributed by atoms with Gasteiger partial charge in [-0.05, 0) is 45.1 Å². The number of hydrogen-bond acceptors (Lipinski definition) is 2. The molecule has 1 N–H and O–H groups in total. The van der Waals surface area contributed by atoms with Crippen LogP contribution in [0.3, 0.4) is 0 Å². The first kappa shape index (κ1) is 19.0. The third kappa shape index (κ3) is 5.93. The molecule has 0 amide bonds. The largest absolute Gasteiger partial charge is 0.355 e. The third-order valence-electron chi connectivity index (χ3n) is 4.79. The second-order valence-electron chi connectivity index (χ2n) is 6.55. The molecular weight excluding hydrogens is 375 g/mol. The van der Waals surface area contributed by atoms with Crippen molar-refractivity contribution in [3.63, 3.8) is 0 Å². The summed E-state index contributed by atoms with van der Waals surface area (Å²) in [5.41, 5.74) is 0. The standard InChI is InChI=1S/C16H32N4.HI/c1-14-7-6-11-20(13-14)16(17-3)18-9-12-19-10-5-4-8-15(19)2;/h14-15H,4-13H2,1-3H3,(H,17,18);1H. The van der Waals surface area contributed by atoms with E-state index in [9.17, 15) is 0 Å². The lowest BCUT2D eigenvalue weighted by molar-refractivity contribution is 0.163. The van der Waals surface area contributed by atoms with Crippen LogP contribution >= 0.6 is 24.0 Å². The smallest absolute Gasteiger partial charge is 0.193 e. The van der Waals surface area contributed by atoms with Crippen LogP contribution in [0.2, 0.25) is 0 Å². The second-order valence-corrected chi connectivity index (χ2v) is 6.55. The summed E-state index contributed by atoms with van der Waals surface area (Å²) in [6.07, 6.45) is 6.78. The van der Waals surface area contributed by atoms with Crippen LogP contribution in [0.5, 0.6) is 0 Å². The lowest BCUT2D eigenvalue weighted by atomic mass is 10.0. The number of halogens is 1. The SMILES string of the molecule is CN=C(NCCN1CCCCC1C)N1CCCC(C)C1.I.